The van der Waals surface area contributed by atoms with E-state index >= 15 is 0 Å². The maximum Gasteiger partial charge on any atom is 0.270 e. The Morgan fingerprint density at radius 3 is 2.83 bits per heavy atom. The molecule has 2 fully saturated rings. The predicted molar refractivity (Wildman–Crippen MR) is 63.6 cm³/mol. The summed E-state index contributed by atoms with van der Waals surface area (Å²) < 4.78 is 0. The second kappa shape index (κ2) is 4.35. The van der Waals surface area contributed by atoms with Gasteiger partial charge in [-0.1, -0.05) is 0 Å². The lowest BCUT2D eigenvalue weighted by Gasteiger charge is -2.20. The van der Waals surface area contributed by atoms with Gasteiger partial charge in [-0.25, -0.2) is 5.43 Å². The average Bonchev–Trinajstić information content (AvgIpc) is 2.92. The highest BCUT2D eigenvalue weighted by molar-refractivity contribution is 6.39. The van der Waals surface area contributed by atoms with Crippen molar-refractivity contribution in [3.8, 4) is 0 Å². The van der Waals surface area contributed by atoms with Gasteiger partial charge < -0.3 is 10.0 Å². The summed E-state index contributed by atoms with van der Waals surface area (Å²) in [6.07, 6.45) is 2.33. The van der Waals surface area contributed by atoms with E-state index in [9.17, 15) is 14.7 Å². The van der Waals surface area contributed by atoms with Gasteiger partial charge in [-0.2, -0.15) is 5.10 Å². The molecule has 1 saturated carbocycles. The Balaban J connectivity index is 1.66. The largest absolute Gasteiger partial charge is 0.393 e. The molecule has 6 heteroatoms. The Hall–Kier alpha value is -1.43. The molecule has 3 unspecified atom stereocenters. The van der Waals surface area contributed by atoms with Crippen molar-refractivity contribution < 1.29 is 14.7 Å². The molecule has 3 rings (SSSR count). The van der Waals surface area contributed by atoms with E-state index in [0.717, 1.165) is 12.8 Å². The van der Waals surface area contributed by atoms with Crippen molar-refractivity contribution in [1.29, 1.82) is 0 Å². The molecule has 2 N–H and O–H groups in total. The molecule has 0 radical (unpaired) electrons. The maximum absolute atomic E-state index is 12.2. The molecule has 1 aliphatic carbocycles. The zero-order valence-corrected chi connectivity index (χ0v) is 10.1. The molecule has 2 aliphatic heterocycles. The molecule has 98 valence electrons. The summed E-state index contributed by atoms with van der Waals surface area (Å²) in [7, 11) is 0. The second-order valence-electron chi connectivity index (χ2n) is 5.37. The van der Waals surface area contributed by atoms with Crippen LogP contribution in [0.25, 0.3) is 0 Å². The molecule has 0 aromatic heterocycles. The van der Waals surface area contributed by atoms with E-state index in [1.807, 2.05) is 0 Å². The average molecular weight is 251 g/mol. The molecule has 2 amide bonds. The van der Waals surface area contributed by atoms with Crippen LogP contribution in [-0.2, 0) is 9.59 Å². The highest BCUT2D eigenvalue weighted by atomic mass is 16.3. The normalized spacial score (nSPS) is 35.2. The van der Waals surface area contributed by atoms with E-state index in [0.29, 0.717) is 37.6 Å². The van der Waals surface area contributed by atoms with Crippen LogP contribution in [0.2, 0.25) is 0 Å². The van der Waals surface area contributed by atoms with Crippen molar-refractivity contribution in [2.45, 2.75) is 31.8 Å². The molecular weight excluding hydrogens is 234 g/mol. The van der Waals surface area contributed by atoms with Crippen molar-refractivity contribution in [3.05, 3.63) is 0 Å². The third-order valence-corrected chi connectivity index (χ3v) is 4.26. The fourth-order valence-electron chi connectivity index (χ4n) is 3.21. The fraction of sp³-hybridized carbons (Fsp3) is 0.750. The molecule has 1 saturated heterocycles. The summed E-state index contributed by atoms with van der Waals surface area (Å²) in [6.45, 7) is 1.34. The standard InChI is InChI=1S/C12H17N3O3/c16-10-3-1-7-5-15(6-8(7)10)12(18)9-2-4-11(17)14-13-9/h7-8,10,16H,1-6H2,(H,14,17). The van der Waals surface area contributed by atoms with Gasteiger partial charge in [0.15, 0.2) is 0 Å². The van der Waals surface area contributed by atoms with Crippen molar-refractivity contribution in [3.63, 3.8) is 0 Å². The molecule has 6 nitrogen and oxygen atoms in total. The number of hydrogen-bond donors (Lipinski definition) is 2. The van der Waals surface area contributed by atoms with Gasteiger partial charge in [0.2, 0.25) is 5.91 Å². The Labute approximate surface area is 105 Å². The number of amides is 2. The van der Waals surface area contributed by atoms with E-state index in [4.69, 9.17) is 0 Å². The lowest BCUT2D eigenvalue weighted by molar-refractivity contribution is -0.124. The third-order valence-electron chi connectivity index (χ3n) is 4.26. The van der Waals surface area contributed by atoms with Gasteiger partial charge in [-0.15, -0.1) is 0 Å². The molecule has 0 aromatic rings. The molecule has 3 aliphatic rings. The third kappa shape index (κ3) is 1.90. The monoisotopic (exact) mass is 251 g/mol. The number of likely N-dealkylation sites (tertiary alicyclic amines) is 1. The van der Waals surface area contributed by atoms with Crippen LogP contribution in [0.15, 0.2) is 5.10 Å². The molecular formula is C12H17N3O3. The SMILES string of the molecule is O=C1CCC(C(=O)N2CC3CCC(O)C3C2)=NN1. The van der Waals surface area contributed by atoms with Gasteiger partial charge in [0.1, 0.15) is 5.71 Å². The van der Waals surface area contributed by atoms with Crippen molar-refractivity contribution in [2.24, 2.45) is 16.9 Å². The van der Waals surface area contributed by atoms with Gasteiger partial charge in [-0.3, -0.25) is 9.59 Å². The van der Waals surface area contributed by atoms with Crippen LogP contribution in [0.5, 0.6) is 0 Å². The number of fused-ring (bicyclic) bond motifs is 1. The Bertz CT molecular complexity index is 421. The summed E-state index contributed by atoms with van der Waals surface area (Å²) in [6, 6.07) is 0. The summed E-state index contributed by atoms with van der Waals surface area (Å²) in [5.74, 6) is 0.437. The molecule has 0 aromatic carbocycles. The van der Waals surface area contributed by atoms with Crippen LogP contribution >= 0.6 is 0 Å². The number of carbonyl (C=O) groups is 2. The van der Waals surface area contributed by atoms with Crippen LogP contribution in [0.1, 0.15) is 25.7 Å². The van der Waals surface area contributed by atoms with Crippen molar-refractivity contribution in [2.75, 3.05) is 13.1 Å². The topological polar surface area (TPSA) is 82.0 Å². The van der Waals surface area contributed by atoms with Crippen molar-refractivity contribution in [1.82, 2.24) is 10.3 Å². The van der Waals surface area contributed by atoms with Crippen LogP contribution in [0.4, 0.5) is 0 Å². The summed E-state index contributed by atoms with van der Waals surface area (Å²) in [5.41, 5.74) is 2.78. The first-order valence-corrected chi connectivity index (χ1v) is 6.48. The second-order valence-corrected chi connectivity index (χ2v) is 5.37. The van der Waals surface area contributed by atoms with Crippen LogP contribution in [0.3, 0.4) is 0 Å². The lowest BCUT2D eigenvalue weighted by atomic mass is 10.00. The molecule has 2 heterocycles. The minimum atomic E-state index is -0.263. The zero-order valence-electron chi connectivity index (χ0n) is 10.1. The molecule has 18 heavy (non-hydrogen) atoms. The number of nitrogens with zero attached hydrogens (tertiary/aromatic N) is 2. The quantitative estimate of drug-likeness (QED) is 0.658. The van der Waals surface area contributed by atoms with Gasteiger partial charge in [0, 0.05) is 31.8 Å². The number of hydrazone groups is 1. The fourth-order valence-corrected chi connectivity index (χ4v) is 3.21. The first-order chi connectivity index (χ1) is 8.65. The zero-order chi connectivity index (χ0) is 12.7. The molecule has 0 spiro atoms. The summed E-state index contributed by atoms with van der Waals surface area (Å²) in [5, 5.41) is 13.7. The number of hydrogen-bond acceptors (Lipinski definition) is 4. The lowest BCUT2D eigenvalue weighted by Crippen LogP contribution is -2.39. The van der Waals surface area contributed by atoms with Crippen LogP contribution < -0.4 is 5.43 Å². The first-order valence-electron chi connectivity index (χ1n) is 6.48. The van der Waals surface area contributed by atoms with Gasteiger partial charge in [-0.05, 0) is 18.8 Å². The maximum atomic E-state index is 12.2. The number of rotatable bonds is 1. The number of carbonyl (C=O) groups excluding carboxylic acids is 2. The molecule has 0 bridgehead atoms. The highest BCUT2D eigenvalue weighted by Crippen LogP contribution is 2.38. The number of aliphatic hydroxyl groups is 1. The van der Waals surface area contributed by atoms with E-state index in [1.54, 1.807) is 4.90 Å². The minimum Gasteiger partial charge on any atom is -0.393 e. The summed E-state index contributed by atoms with van der Waals surface area (Å²) >= 11 is 0. The van der Waals surface area contributed by atoms with E-state index in [2.05, 4.69) is 10.5 Å². The van der Waals surface area contributed by atoms with Crippen LogP contribution in [-0.4, -0.2) is 46.7 Å². The Morgan fingerprint density at radius 1 is 1.33 bits per heavy atom. The van der Waals surface area contributed by atoms with Crippen LogP contribution in [0, 0.1) is 11.8 Å². The first kappa shape index (κ1) is 11.6. The van der Waals surface area contributed by atoms with Gasteiger partial charge >= 0.3 is 0 Å². The molecule has 3 atom stereocenters. The van der Waals surface area contributed by atoms with E-state index in [1.165, 1.54) is 0 Å². The van der Waals surface area contributed by atoms with E-state index < -0.39 is 0 Å². The number of aliphatic hydroxyl groups excluding tert-OH is 1. The highest BCUT2D eigenvalue weighted by Gasteiger charge is 2.44. The van der Waals surface area contributed by atoms with E-state index in [-0.39, 0.29) is 23.8 Å². The van der Waals surface area contributed by atoms with Crippen molar-refractivity contribution >= 4 is 17.5 Å². The Morgan fingerprint density at radius 2 is 2.17 bits per heavy atom. The Kier molecular flexibility index (Phi) is 2.81. The van der Waals surface area contributed by atoms with Gasteiger partial charge in [0.05, 0.1) is 6.10 Å². The van der Waals surface area contributed by atoms with Gasteiger partial charge in [0.25, 0.3) is 5.91 Å². The summed E-state index contributed by atoms with van der Waals surface area (Å²) in [4.78, 5) is 25.0. The minimum absolute atomic E-state index is 0.0865. The predicted octanol–water partition coefficient (Wildman–Crippen LogP) is -0.518. The smallest absolute Gasteiger partial charge is 0.270 e. The number of nitrogens with one attached hydrogen (secondary N) is 1.